The number of amides is 1. The molecule has 34 heavy (non-hydrogen) atoms. The highest BCUT2D eigenvalue weighted by Crippen LogP contribution is 2.28. The van der Waals surface area contributed by atoms with Crippen molar-refractivity contribution in [3.8, 4) is 22.7 Å². The number of aromatic nitrogens is 3. The van der Waals surface area contributed by atoms with Crippen LogP contribution < -0.4 is 9.64 Å². The highest BCUT2D eigenvalue weighted by atomic mass is 32.1. The lowest BCUT2D eigenvalue weighted by Gasteiger charge is -2.21. The lowest BCUT2D eigenvalue weighted by molar-refractivity contribution is 0.0767. The molecule has 3 heterocycles. The van der Waals surface area contributed by atoms with Gasteiger partial charge >= 0.3 is 0 Å². The van der Waals surface area contributed by atoms with Crippen molar-refractivity contribution < 1.29 is 9.53 Å². The molecule has 2 aromatic heterocycles. The molecule has 1 saturated heterocycles. The summed E-state index contributed by atoms with van der Waals surface area (Å²) < 4.78 is 7.21. The Labute approximate surface area is 203 Å². The van der Waals surface area contributed by atoms with Crippen molar-refractivity contribution in [1.82, 2.24) is 19.7 Å². The molecule has 1 fully saturated rings. The SMILES string of the molecule is COc1cccc(-c2nn(-c3ccc(C)cc3)cc2C(=O)N2CCCN(c3nccs3)CC2)c1. The van der Waals surface area contributed by atoms with Crippen molar-refractivity contribution in [3.05, 3.63) is 77.4 Å². The Hall–Kier alpha value is -3.65. The van der Waals surface area contributed by atoms with Gasteiger partial charge in [0, 0.05) is 49.5 Å². The van der Waals surface area contributed by atoms with Crippen LogP contribution in [0.4, 0.5) is 5.13 Å². The molecule has 5 rings (SSSR count). The lowest BCUT2D eigenvalue weighted by Crippen LogP contribution is -2.35. The molecule has 0 saturated carbocycles. The van der Waals surface area contributed by atoms with Crippen LogP contribution in [0.3, 0.4) is 0 Å². The molecule has 8 heteroatoms. The molecule has 0 atom stereocenters. The minimum Gasteiger partial charge on any atom is -0.497 e. The molecule has 0 bridgehead atoms. The molecule has 0 radical (unpaired) electrons. The third-order valence-electron chi connectivity index (χ3n) is 6.06. The predicted molar refractivity (Wildman–Crippen MR) is 135 cm³/mol. The first kappa shape index (κ1) is 22.2. The molecule has 1 aliphatic heterocycles. The molecule has 1 amide bonds. The number of carbonyl (C=O) groups excluding carboxylic acids is 1. The van der Waals surface area contributed by atoms with Crippen LogP contribution >= 0.6 is 11.3 Å². The monoisotopic (exact) mass is 473 g/mol. The van der Waals surface area contributed by atoms with E-state index in [0.717, 1.165) is 41.6 Å². The molecular formula is C26H27N5O2S. The molecule has 2 aromatic carbocycles. The summed E-state index contributed by atoms with van der Waals surface area (Å²) >= 11 is 1.64. The van der Waals surface area contributed by atoms with Gasteiger partial charge in [-0.05, 0) is 37.6 Å². The first-order valence-corrected chi connectivity index (χ1v) is 12.3. The average Bonchev–Trinajstić information content (AvgIpc) is 3.50. The Balaban J connectivity index is 1.48. The van der Waals surface area contributed by atoms with E-state index in [1.807, 2.05) is 71.2 Å². The maximum absolute atomic E-state index is 13.8. The zero-order chi connectivity index (χ0) is 23.5. The van der Waals surface area contributed by atoms with Gasteiger partial charge in [0.25, 0.3) is 5.91 Å². The summed E-state index contributed by atoms with van der Waals surface area (Å²) in [5.74, 6) is 0.729. The molecule has 0 aliphatic carbocycles. The van der Waals surface area contributed by atoms with Crippen LogP contribution in [-0.4, -0.2) is 58.9 Å². The molecule has 1 aliphatic rings. The number of ether oxygens (including phenoxy) is 1. The highest BCUT2D eigenvalue weighted by Gasteiger charge is 2.26. The summed E-state index contributed by atoms with van der Waals surface area (Å²) in [4.78, 5) is 22.4. The van der Waals surface area contributed by atoms with E-state index in [2.05, 4.69) is 16.8 Å². The average molecular weight is 474 g/mol. The quantitative estimate of drug-likeness (QED) is 0.422. The van der Waals surface area contributed by atoms with E-state index in [4.69, 9.17) is 9.84 Å². The van der Waals surface area contributed by atoms with E-state index in [1.54, 1.807) is 23.1 Å². The first-order valence-electron chi connectivity index (χ1n) is 11.4. The van der Waals surface area contributed by atoms with E-state index in [1.165, 1.54) is 5.56 Å². The maximum Gasteiger partial charge on any atom is 0.257 e. The second-order valence-corrected chi connectivity index (χ2v) is 9.22. The second-order valence-electron chi connectivity index (χ2n) is 8.35. The van der Waals surface area contributed by atoms with Gasteiger partial charge in [0.1, 0.15) is 11.4 Å². The maximum atomic E-state index is 13.8. The van der Waals surface area contributed by atoms with E-state index in [0.29, 0.717) is 24.3 Å². The molecule has 0 N–H and O–H groups in total. The third-order valence-corrected chi connectivity index (χ3v) is 6.89. The van der Waals surface area contributed by atoms with Crippen molar-refractivity contribution in [3.63, 3.8) is 0 Å². The van der Waals surface area contributed by atoms with Gasteiger partial charge in [0.2, 0.25) is 0 Å². The molecular weight excluding hydrogens is 446 g/mol. The van der Waals surface area contributed by atoms with Crippen molar-refractivity contribution in [2.75, 3.05) is 38.2 Å². The number of anilines is 1. The largest absolute Gasteiger partial charge is 0.497 e. The Morgan fingerprint density at radius 2 is 1.91 bits per heavy atom. The van der Waals surface area contributed by atoms with Gasteiger partial charge < -0.3 is 14.5 Å². The van der Waals surface area contributed by atoms with Gasteiger partial charge in [-0.25, -0.2) is 9.67 Å². The van der Waals surface area contributed by atoms with Gasteiger partial charge in [0.05, 0.1) is 18.4 Å². The fraction of sp³-hybridized carbons (Fsp3) is 0.269. The number of nitrogens with zero attached hydrogens (tertiary/aromatic N) is 5. The fourth-order valence-electron chi connectivity index (χ4n) is 4.20. The van der Waals surface area contributed by atoms with E-state index in [9.17, 15) is 4.79 Å². The molecule has 174 valence electrons. The summed E-state index contributed by atoms with van der Waals surface area (Å²) in [6.07, 6.45) is 4.57. The normalized spacial score (nSPS) is 14.2. The number of hydrogen-bond donors (Lipinski definition) is 0. The summed E-state index contributed by atoms with van der Waals surface area (Å²) in [5, 5.41) is 7.85. The van der Waals surface area contributed by atoms with Crippen LogP contribution in [0.15, 0.2) is 66.3 Å². The van der Waals surface area contributed by atoms with Crippen molar-refractivity contribution in [2.24, 2.45) is 0 Å². The van der Waals surface area contributed by atoms with E-state index >= 15 is 0 Å². The van der Waals surface area contributed by atoms with Crippen LogP contribution in [0.25, 0.3) is 16.9 Å². The Kier molecular flexibility index (Phi) is 6.31. The summed E-state index contributed by atoms with van der Waals surface area (Å²) in [6, 6.07) is 15.8. The lowest BCUT2D eigenvalue weighted by atomic mass is 10.1. The number of rotatable bonds is 5. The van der Waals surface area contributed by atoms with Gasteiger partial charge in [0.15, 0.2) is 5.13 Å². The molecule has 7 nitrogen and oxygen atoms in total. The number of thiazole rings is 1. The summed E-state index contributed by atoms with van der Waals surface area (Å²) in [5.41, 5.74) is 4.20. The van der Waals surface area contributed by atoms with Crippen LogP contribution in [0.5, 0.6) is 5.75 Å². The molecule has 4 aromatic rings. The number of aryl methyl sites for hydroxylation is 1. The number of carbonyl (C=O) groups is 1. The first-order chi connectivity index (χ1) is 16.6. The van der Waals surface area contributed by atoms with Gasteiger partial charge in [-0.2, -0.15) is 5.10 Å². The molecule has 0 spiro atoms. The second kappa shape index (κ2) is 9.69. The van der Waals surface area contributed by atoms with Gasteiger partial charge in [-0.15, -0.1) is 11.3 Å². The van der Waals surface area contributed by atoms with Gasteiger partial charge in [-0.3, -0.25) is 4.79 Å². The Morgan fingerprint density at radius 1 is 1.06 bits per heavy atom. The molecule has 0 unspecified atom stereocenters. The number of methoxy groups -OCH3 is 1. The number of hydrogen-bond acceptors (Lipinski definition) is 6. The van der Waals surface area contributed by atoms with Crippen molar-refractivity contribution >= 4 is 22.4 Å². The zero-order valence-electron chi connectivity index (χ0n) is 19.3. The van der Waals surface area contributed by atoms with E-state index < -0.39 is 0 Å². The van der Waals surface area contributed by atoms with Crippen LogP contribution in [-0.2, 0) is 0 Å². The highest BCUT2D eigenvalue weighted by molar-refractivity contribution is 7.13. The fourth-order valence-corrected chi connectivity index (χ4v) is 4.89. The minimum absolute atomic E-state index is 0.00262. The van der Waals surface area contributed by atoms with Gasteiger partial charge in [-0.1, -0.05) is 29.8 Å². The minimum atomic E-state index is -0.00262. The number of benzene rings is 2. The standard InChI is InChI=1S/C26H27N5O2S/c1-19-7-9-21(10-8-19)31-18-23(24(28-31)20-5-3-6-22(17-20)33-2)25(32)29-12-4-13-30(15-14-29)26-27-11-16-34-26/h3,5-11,16-18H,4,12-15H2,1-2H3. The predicted octanol–water partition coefficient (Wildman–Crippen LogP) is 4.67. The van der Waals surface area contributed by atoms with Crippen LogP contribution in [0.1, 0.15) is 22.3 Å². The smallest absolute Gasteiger partial charge is 0.257 e. The van der Waals surface area contributed by atoms with E-state index in [-0.39, 0.29) is 5.91 Å². The summed E-state index contributed by atoms with van der Waals surface area (Å²) in [6.45, 7) is 5.06. The van der Waals surface area contributed by atoms with Crippen molar-refractivity contribution in [1.29, 1.82) is 0 Å². The Morgan fingerprint density at radius 3 is 2.68 bits per heavy atom. The third kappa shape index (κ3) is 4.54. The van der Waals surface area contributed by atoms with Crippen LogP contribution in [0, 0.1) is 6.92 Å². The van der Waals surface area contributed by atoms with Crippen LogP contribution in [0.2, 0.25) is 0 Å². The zero-order valence-corrected chi connectivity index (χ0v) is 20.2. The summed E-state index contributed by atoms with van der Waals surface area (Å²) in [7, 11) is 1.64. The topological polar surface area (TPSA) is 63.5 Å². The Bertz CT molecular complexity index is 1270. The van der Waals surface area contributed by atoms with Crippen molar-refractivity contribution in [2.45, 2.75) is 13.3 Å².